The fraction of sp³-hybridized carbons (Fsp3) is 0.500. The normalized spacial score (nSPS) is 11.5. The summed E-state index contributed by atoms with van der Waals surface area (Å²) in [6.45, 7) is 10.5. The van der Waals surface area contributed by atoms with Crippen molar-refractivity contribution in [2.45, 2.75) is 52.5 Å². The maximum Gasteiger partial charge on any atom is 0.225 e. The molecule has 1 aromatic carbocycles. The molecule has 0 aliphatic rings. The van der Waals surface area contributed by atoms with Crippen LogP contribution in [0.2, 0.25) is 0 Å². The van der Waals surface area contributed by atoms with Gasteiger partial charge in [0, 0.05) is 23.7 Å². The SMILES string of the molecule is COc1cc(Cc2cnc(NC(C)(C)C)nc2N)c(C(C)C)cc1OC. The number of hydrogen-bond acceptors (Lipinski definition) is 6. The number of rotatable bonds is 6. The molecule has 142 valence electrons. The predicted octanol–water partition coefficient (Wildman–Crippen LogP) is 4.00. The first-order valence-electron chi connectivity index (χ1n) is 8.79. The van der Waals surface area contributed by atoms with Crippen molar-refractivity contribution in [2.24, 2.45) is 0 Å². The van der Waals surface area contributed by atoms with Gasteiger partial charge in [-0.15, -0.1) is 0 Å². The van der Waals surface area contributed by atoms with Gasteiger partial charge in [0.25, 0.3) is 0 Å². The molecule has 1 aromatic heterocycles. The standard InChI is InChI=1S/C20H30N4O2/c1-12(2)15-10-17(26-7)16(25-6)9-13(15)8-14-11-22-19(23-18(14)21)24-20(3,4)5/h9-12H,8H2,1-7H3,(H3,21,22,23,24). The molecule has 0 aliphatic carbocycles. The minimum absolute atomic E-state index is 0.123. The maximum absolute atomic E-state index is 6.19. The van der Waals surface area contributed by atoms with Gasteiger partial charge in [-0.25, -0.2) is 4.98 Å². The van der Waals surface area contributed by atoms with E-state index in [0.717, 1.165) is 16.9 Å². The van der Waals surface area contributed by atoms with E-state index < -0.39 is 0 Å². The Balaban J connectivity index is 2.38. The van der Waals surface area contributed by atoms with Crippen LogP contribution in [0.25, 0.3) is 0 Å². The zero-order valence-electron chi connectivity index (χ0n) is 16.8. The fourth-order valence-corrected chi connectivity index (χ4v) is 2.78. The fourth-order valence-electron chi connectivity index (χ4n) is 2.78. The summed E-state index contributed by atoms with van der Waals surface area (Å²) in [5.41, 5.74) is 9.28. The highest BCUT2D eigenvalue weighted by molar-refractivity contribution is 5.52. The molecule has 0 unspecified atom stereocenters. The van der Waals surface area contributed by atoms with Crippen molar-refractivity contribution in [1.82, 2.24) is 9.97 Å². The Bertz CT molecular complexity index is 767. The molecule has 0 amide bonds. The second kappa shape index (κ2) is 7.81. The van der Waals surface area contributed by atoms with Crippen LogP contribution in [0, 0.1) is 0 Å². The van der Waals surface area contributed by atoms with Gasteiger partial charge in [0.1, 0.15) is 5.82 Å². The molecule has 0 radical (unpaired) electrons. The van der Waals surface area contributed by atoms with E-state index in [-0.39, 0.29) is 5.54 Å². The van der Waals surface area contributed by atoms with Gasteiger partial charge in [-0.3, -0.25) is 0 Å². The van der Waals surface area contributed by atoms with Gasteiger partial charge >= 0.3 is 0 Å². The number of methoxy groups -OCH3 is 2. The first kappa shape index (κ1) is 19.8. The van der Waals surface area contributed by atoms with Gasteiger partial charge in [0.05, 0.1) is 14.2 Å². The van der Waals surface area contributed by atoms with E-state index in [1.165, 1.54) is 5.56 Å². The second-order valence-corrected chi connectivity index (χ2v) is 7.72. The molecule has 0 fully saturated rings. The molecular formula is C20H30N4O2. The van der Waals surface area contributed by atoms with Gasteiger partial charge in [-0.1, -0.05) is 13.8 Å². The summed E-state index contributed by atoms with van der Waals surface area (Å²) in [4.78, 5) is 8.82. The number of anilines is 2. The van der Waals surface area contributed by atoms with E-state index in [2.05, 4.69) is 49.9 Å². The minimum atomic E-state index is -0.123. The lowest BCUT2D eigenvalue weighted by Gasteiger charge is -2.21. The third-order valence-electron chi connectivity index (χ3n) is 4.03. The highest BCUT2D eigenvalue weighted by Gasteiger charge is 2.17. The lowest BCUT2D eigenvalue weighted by Crippen LogP contribution is -2.27. The Morgan fingerprint density at radius 3 is 2.19 bits per heavy atom. The van der Waals surface area contributed by atoms with E-state index in [4.69, 9.17) is 15.2 Å². The number of nitrogens with two attached hydrogens (primary N) is 1. The van der Waals surface area contributed by atoms with Crippen molar-refractivity contribution in [2.75, 3.05) is 25.3 Å². The van der Waals surface area contributed by atoms with Crippen LogP contribution in [0.5, 0.6) is 11.5 Å². The molecule has 0 saturated heterocycles. The molecule has 3 N–H and O–H groups in total. The predicted molar refractivity (Wildman–Crippen MR) is 106 cm³/mol. The van der Waals surface area contributed by atoms with Gasteiger partial charge in [0.2, 0.25) is 5.95 Å². The Morgan fingerprint density at radius 2 is 1.69 bits per heavy atom. The molecule has 0 bridgehead atoms. The maximum atomic E-state index is 6.19. The van der Waals surface area contributed by atoms with Crippen molar-refractivity contribution in [3.05, 3.63) is 35.0 Å². The van der Waals surface area contributed by atoms with E-state index in [0.29, 0.717) is 29.9 Å². The number of benzene rings is 1. The molecule has 6 heteroatoms. The summed E-state index contributed by atoms with van der Waals surface area (Å²) in [5.74, 6) is 2.80. The summed E-state index contributed by atoms with van der Waals surface area (Å²) in [6, 6.07) is 4.04. The highest BCUT2D eigenvalue weighted by Crippen LogP contribution is 2.35. The van der Waals surface area contributed by atoms with E-state index in [1.54, 1.807) is 20.4 Å². The Hall–Kier alpha value is -2.50. The van der Waals surface area contributed by atoms with Gasteiger partial charge in [-0.05, 0) is 49.9 Å². The molecular weight excluding hydrogens is 328 g/mol. The zero-order chi connectivity index (χ0) is 19.5. The molecule has 2 aromatic rings. The number of nitrogens with one attached hydrogen (secondary N) is 1. The van der Waals surface area contributed by atoms with Crippen LogP contribution in [0.1, 0.15) is 57.2 Å². The van der Waals surface area contributed by atoms with Gasteiger partial charge in [-0.2, -0.15) is 4.98 Å². The minimum Gasteiger partial charge on any atom is -0.493 e. The van der Waals surface area contributed by atoms with Crippen molar-refractivity contribution in [1.29, 1.82) is 0 Å². The number of hydrogen-bond donors (Lipinski definition) is 2. The summed E-state index contributed by atoms with van der Waals surface area (Å²) in [5, 5.41) is 3.24. The first-order chi connectivity index (χ1) is 12.1. The average Bonchev–Trinajstić information content (AvgIpc) is 2.55. The largest absolute Gasteiger partial charge is 0.493 e. The van der Waals surface area contributed by atoms with Crippen molar-refractivity contribution in [3.8, 4) is 11.5 Å². The lowest BCUT2D eigenvalue weighted by atomic mass is 9.92. The van der Waals surface area contributed by atoms with Crippen LogP contribution in [0.15, 0.2) is 18.3 Å². The van der Waals surface area contributed by atoms with Crippen LogP contribution >= 0.6 is 0 Å². The molecule has 26 heavy (non-hydrogen) atoms. The molecule has 0 spiro atoms. The monoisotopic (exact) mass is 358 g/mol. The van der Waals surface area contributed by atoms with E-state index in [1.807, 2.05) is 12.1 Å². The Labute approximate surface area is 156 Å². The smallest absolute Gasteiger partial charge is 0.225 e. The lowest BCUT2D eigenvalue weighted by molar-refractivity contribution is 0.354. The topological polar surface area (TPSA) is 82.3 Å². The summed E-state index contributed by atoms with van der Waals surface area (Å²) >= 11 is 0. The zero-order valence-corrected chi connectivity index (χ0v) is 16.8. The van der Waals surface area contributed by atoms with Crippen molar-refractivity contribution < 1.29 is 9.47 Å². The second-order valence-electron chi connectivity index (χ2n) is 7.72. The number of aromatic nitrogens is 2. The number of ether oxygens (including phenoxy) is 2. The third-order valence-corrected chi connectivity index (χ3v) is 4.03. The third kappa shape index (κ3) is 4.77. The Morgan fingerprint density at radius 1 is 1.08 bits per heavy atom. The van der Waals surface area contributed by atoms with Crippen LogP contribution in [0.4, 0.5) is 11.8 Å². The summed E-state index contributed by atoms with van der Waals surface area (Å²) in [7, 11) is 3.29. The summed E-state index contributed by atoms with van der Waals surface area (Å²) < 4.78 is 10.9. The highest BCUT2D eigenvalue weighted by atomic mass is 16.5. The van der Waals surface area contributed by atoms with Gasteiger partial charge in [0.15, 0.2) is 11.5 Å². The van der Waals surface area contributed by atoms with Crippen LogP contribution in [-0.2, 0) is 6.42 Å². The number of nitrogens with zero attached hydrogens (tertiary/aromatic N) is 2. The average molecular weight is 358 g/mol. The van der Waals surface area contributed by atoms with Crippen molar-refractivity contribution >= 4 is 11.8 Å². The first-order valence-corrected chi connectivity index (χ1v) is 8.79. The van der Waals surface area contributed by atoms with E-state index in [9.17, 15) is 0 Å². The summed E-state index contributed by atoms with van der Waals surface area (Å²) in [6.07, 6.45) is 2.42. The quantitative estimate of drug-likeness (QED) is 0.812. The van der Waals surface area contributed by atoms with E-state index >= 15 is 0 Å². The molecule has 0 atom stereocenters. The molecule has 0 saturated carbocycles. The van der Waals surface area contributed by atoms with Crippen LogP contribution < -0.4 is 20.5 Å². The van der Waals surface area contributed by atoms with Crippen LogP contribution in [-0.4, -0.2) is 29.7 Å². The molecule has 2 rings (SSSR count). The molecule has 1 heterocycles. The van der Waals surface area contributed by atoms with Crippen molar-refractivity contribution in [3.63, 3.8) is 0 Å². The number of nitrogen functional groups attached to an aromatic ring is 1. The molecule has 0 aliphatic heterocycles. The van der Waals surface area contributed by atoms with Gasteiger partial charge < -0.3 is 20.5 Å². The van der Waals surface area contributed by atoms with Crippen LogP contribution in [0.3, 0.4) is 0 Å². The molecule has 6 nitrogen and oxygen atoms in total. The Kier molecular flexibility index (Phi) is 5.95.